The molecule has 1 heterocycles. The summed E-state index contributed by atoms with van der Waals surface area (Å²) in [6.45, 7) is 8.32. The van der Waals surface area contributed by atoms with Gasteiger partial charge in [-0.2, -0.15) is 0 Å². The maximum absolute atomic E-state index is 6.34. The van der Waals surface area contributed by atoms with Gasteiger partial charge in [-0.15, -0.1) is 0 Å². The lowest BCUT2D eigenvalue weighted by atomic mass is 9.79. The third kappa shape index (κ3) is 1.86. The molecular formula is C13H19NO. The van der Waals surface area contributed by atoms with Crippen LogP contribution in [0.3, 0.4) is 0 Å². The summed E-state index contributed by atoms with van der Waals surface area (Å²) in [6, 6.07) is 6.24. The van der Waals surface area contributed by atoms with Crippen LogP contribution in [0.1, 0.15) is 38.3 Å². The Bertz CT molecular complexity index is 394. The molecule has 0 saturated carbocycles. The molecule has 1 unspecified atom stereocenters. The minimum absolute atomic E-state index is 0.176. The molecule has 0 bridgehead atoms. The van der Waals surface area contributed by atoms with Gasteiger partial charge in [-0.3, -0.25) is 0 Å². The van der Waals surface area contributed by atoms with Crippen molar-refractivity contribution < 1.29 is 4.74 Å². The number of benzene rings is 1. The summed E-state index contributed by atoms with van der Waals surface area (Å²) < 4.78 is 5.96. The van der Waals surface area contributed by atoms with Crippen molar-refractivity contribution in [1.29, 1.82) is 0 Å². The van der Waals surface area contributed by atoms with Gasteiger partial charge in [0.2, 0.25) is 0 Å². The minimum atomic E-state index is -0.287. The summed E-state index contributed by atoms with van der Waals surface area (Å²) in [5.74, 6) is 0.941. The van der Waals surface area contributed by atoms with Crippen LogP contribution in [0.4, 0.5) is 0 Å². The Kier molecular flexibility index (Phi) is 2.09. The normalized spacial score (nSPS) is 28.1. The van der Waals surface area contributed by atoms with E-state index in [2.05, 4.69) is 45.9 Å². The van der Waals surface area contributed by atoms with E-state index in [0.717, 1.165) is 17.7 Å². The number of rotatable bonds is 0. The van der Waals surface area contributed by atoms with Crippen LogP contribution >= 0.6 is 0 Å². The molecule has 1 aliphatic rings. The highest BCUT2D eigenvalue weighted by Gasteiger charge is 2.39. The molecule has 2 nitrogen and oxygen atoms in total. The topological polar surface area (TPSA) is 35.2 Å². The van der Waals surface area contributed by atoms with Crippen LogP contribution in [0, 0.1) is 6.92 Å². The van der Waals surface area contributed by atoms with Crippen molar-refractivity contribution in [3.8, 4) is 5.75 Å². The Morgan fingerprint density at radius 3 is 2.60 bits per heavy atom. The summed E-state index contributed by atoms with van der Waals surface area (Å²) in [5.41, 5.74) is 8.20. The van der Waals surface area contributed by atoms with E-state index in [-0.39, 0.29) is 11.1 Å². The fourth-order valence-electron chi connectivity index (χ4n) is 2.50. The highest BCUT2D eigenvalue weighted by Crippen LogP contribution is 2.41. The van der Waals surface area contributed by atoms with Gasteiger partial charge in [0.1, 0.15) is 11.4 Å². The lowest BCUT2D eigenvalue weighted by Crippen LogP contribution is -2.47. The third-order valence-corrected chi connectivity index (χ3v) is 2.93. The fraction of sp³-hybridized carbons (Fsp3) is 0.538. The Hall–Kier alpha value is -1.02. The maximum Gasteiger partial charge on any atom is 0.125 e. The molecule has 15 heavy (non-hydrogen) atoms. The van der Waals surface area contributed by atoms with Crippen molar-refractivity contribution in [2.24, 2.45) is 5.73 Å². The van der Waals surface area contributed by atoms with E-state index in [1.54, 1.807) is 0 Å². The van der Waals surface area contributed by atoms with Gasteiger partial charge in [-0.05, 0) is 39.3 Å². The average Bonchev–Trinajstić information content (AvgIpc) is 1.97. The van der Waals surface area contributed by atoms with Gasteiger partial charge in [-0.1, -0.05) is 12.1 Å². The lowest BCUT2D eigenvalue weighted by Gasteiger charge is -2.42. The predicted octanol–water partition coefficient (Wildman–Crippen LogP) is 2.73. The molecule has 0 radical (unpaired) electrons. The molecule has 1 aromatic rings. The van der Waals surface area contributed by atoms with E-state index in [9.17, 15) is 0 Å². The van der Waals surface area contributed by atoms with Crippen LogP contribution in [0.2, 0.25) is 0 Å². The molecule has 1 aromatic carbocycles. The van der Waals surface area contributed by atoms with Crippen molar-refractivity contribution in [2.45, 2.75) is 45.3 Å². The zero-order valence-electron chi connectivity index (χ0n) is 9.92. The molecule has 2 rings (SSSR count). The summed E-state index contributed by atoms with van der Waals surface area (Å²) in [6.07, 6.45) is 0.843. The van der Waals surface area contributed by atoms with E-state index >= 15 is 0 Å². The Morgan fingerprint density at radius 1 is 1.27 bits per heavy atom. The first-order valence-electron chi connectivity index (χ1n) is 5.39. The fourth-order valence-corrected chi connectivity index (χ4v) is 2.50. The monoisotopic (exact) mass is 205 g/mol. The van der Waals surface area contributed by atoms with Gasteiger partial charge >= 0.3 is 0 Å². The molecule has 0 spiro atoms. The largest absolute Gasteiger partial charge is 0.487 e. The molecular weight excluding hydrogens is 186 g/mol. The molecule has 2 N–H and O–H groups in total. The van der Waals surface area contributed by atoms with Crippen molar-refractivity contribution in [1.82, 2.24) is 0 Å². The SMILES string of the molecule is Cc1ccc2c(c1)OC(C)(C)CC2(C)N. The zero-order valence-corrected chi connectivity index (χ0v) is 9.92. The van der Waals surface area contributed by atoms with E-state index in [0.29, 0.717) is 0 Å². The first-order chi connectivity index (χ1) is 6.80. The number of hydrogen-bond acceptors (Lipinski definition) is 2. The molecule has 2 heteroatoms. The minimum Gasteiger partial charge on any atom is -0.487 e. The van der Waals surface area contributed by atoms with Gasteiger partial charge in [0.25, 0.3) is 0 Å². The first kappa shape index (κ1) is 10.5. The third-order valence-electron chi connectivity index (χ3n) is 2.93. The quantitative estimate of drug-likeness (QED) is 0.706. The van der Waals surface area contributed by atoms with E-state index in [4.69, 9.17) is 10.5 Å². The Balaban J connectivity index is 2.55. The lowest BCUT2D eigenvalue weighted by molar-refractivity contribution is 0.0502. The molecule has 1 atom stereocenters. The summed E-state index contributed by atoms with van der Waals surface area (Å²) in [4.78, 5) is 0. The average molecular weight is 205 g/mol. The van der Waals surface area contributed by atoms with Crippen molar-refractivity contribution >= 4 is 0 Å². The van der Waals surface area contributed by atoms with Gasteiger partial charge in [0.15, 0.2) is 0 Å². The molecule has 0 aromatic heterocycles. The highest BCUT2D eigenvalue weighted by molar-refractivity contribution is 5.43. The number of fused-ring (bicyclic) bond motifs is 1. The number of aryl methyl sites for hydroxylation is 1. The standard InChI is InChI=1S/C13H19NO/c1-9-5-6-10-11(7-9)15-12(2,3)8-13(10,4)14/h5-7H,8,14H2,1-4H3. The van der Waals surface area contributed by atoms with Crippen molar-refractivity contribution in [2.75, 3.05) is 0 Å². The van der Waals surface area contributed by atoms with E-state index < -0.39 is 0 Å². The van der Waals surface area contributed by atoms with Crippen LogP contribution in [0.15, 0.2) is 18.2 Å². The number of ether oxygens (including phenoxy) is 1. The second-order valence-electron chi connectivity index (χ2n) is 5.46. The molecule has 0 aliphatic carbocycles. The molecule has 1 aliphatic heterocycles. The van der Waals surface area contributed by atoms with Crippen LogP contribution in [-0.2, 0) is 5.54 Å². The Labute approximate surface area is 91.4 Å². The first-order valence-corrected chi connectivity index (χ1v) is 5.39. The summed E-state index contributed by atoms with van der Waals surface area (Å²) in [7, 11) is 0. The van der Waals surface area contributed by atoms with Gasteiger partial charge in [0, 0.05) is 17.5 Å². The summed E-state index contributed by atoms with van der Waals surface area (Å²) in [5, 5.41) is 0. The molecule has 0 saturated heterocycles. The maximum atomic E-state index is 6.34. The van der Waals surface area contributed by atoms with E-state index in [1.807, 2.05) is 0 Å². The number of hydrogen-bond donors (Lipinski definition) is 1. The highest BCUT2D eigenvalue weighted by atomic mass is 16.5. The number of nitrogens with two attached hydrogens (primary N) is 1. The molecule has 82 valence electrons. The zero-order chi connectivity index (χ0) is 11.3. The van der Waals surface area contributed by atoms with Gasteiger partial charge in [-0.25, -0.2) is 0 Å². The Morgan fingerprint density at radius 2 is 1.93 bits per heavy atom. The van der Waals surface area contributed by atoms with Gasteiger partial charge < -0.3 is 10.5 Å². The van der Waals surface area contributed by atoms with Crippen LogP contribution < -0.4 is 10.5 Å². The summed E-state index contributed by atoms with van der Waals surface area (Å²) >= 11 is 0. The van der Waals surface area contributed by atoms with Crippen LogP contribution in [-0.4, -0.2) is 5.60 Å². The van der Waals surface area contributed by atoms with E-state index in [1.165, 1.54) is 5.56 Å². The van der Waals surface area contributed by atoms with Crippen molar-refractivity contribution in [3.63, 3.8) is 0 Å². The molecule has 0 fully saturated rings. The van der Waals surface area contributed by atoms with Crippen LogP contribution in [0.5, 0.6) is 5.75 Å². The van der Waals surface area contributed by atoms with Crippen LogP contribution in [0.25, 0.3) is 0 Å². The van der Waals surface area contributed by atoms with Crippen molar-refractivity contribution in [3.05, 3.63) is 29.3 Å². The smallest absolute Gasteiger partial charge is 0.125 e. The predicted molar refractivity (Wildman–Crippen MR) is 62.0 cm³/mol. The van der Waals surface area contributed by atoms with Gasteiger partial charge in [0.05, 0.1) is 0 Å². The second-order valence-corrected chi connectivity index (χ2v) is 5.46. The second kappa shape index (κ2) is 2.99. The molecule has 0 amide bonds.